The second-order valence-corrected chi connectivity index (χ2v) is 4.40. The van der Waals surface area contributed by atoms with Gasteiger partial charge in [0.2, 0.25) is 0 Å². The van der Waals surface area contributed by atoms with E-state index in [0.717, 1.165) is 18.4 Å². The van der Waals surface area contributed by atoms with Crippen LogP contribution in [0.25, 0.3) is 6.08 Å². The minimum absolute atomic E-state index is 0.00301. The number of nitrogens with one attached hydrogen (secondary N) is 1. The first-order chi connectivity index (χ1) is 9.71. The maximum Gasteiger partial charge on any atom is 0.257 e. The Balaban J connectivity index is 2.56. The number of hydrogen-bond donors (Lipinski definition) is 1. The van der Waals surface area contributed by atoms with Gasteiger partial charge in [-0.2, -0.15) is 0 Å². The third-order valence-electron chi connectivity index (χ3n) is 2.76. The van der Waals surface area contributed by atoms with Crippen LogP contribution in [0, 0.1) is 0 Å². The fraction of sp³-hybridized carbons (Fsp3) is 0.438. The Bertz CT molecular complexity index is 455. The van der Waals surface area contributed by atoms with Crippen LogP contribution in [0.2, 0.25) is 0 Å². The van der Waals surface area contributed by atoms with E-state index in [1.807, 2.05) is 37.3 Å². The Morgan fingerprint density at radius 3 is 2.80 bits per heavy atom. The van der Waals surface area contributed by atoms with E-state index in [-0.39, 0.29) is 12.5 Å². The van der Waals surface area contributed by atoms with Gasteiger partial charge in [0, 0.05) is 6.54 Å². The van der Waals surface area contributed by atoms with Gasteiger partial charge >= 0.3 is 0 Å². The molecule has 0 aliphatic heterocycles. The molecule has 0 saturated heterocycles. The molecule has 0 spiro atoms. The average molecular weight is 277 g/mol. The molecule has 0 bridgehead atoms. The molecule has 4 heteroatoms. The predicted octanol–water partition coefficient (Wildman–Crippen LogP) is 3.02. The fourth-order valence-electron chi connectivity index (χ4n) is 1.70. The molecular weight excluding hydrogens is 254 g/mol. The van der Waals surface area contributed by atoms with Crippen molar-refractivity contribution in [2.24, 2.45) is 0 Å². The smallest absolute Gasteiger partial charge is 0.257 e. The molecule has 0 aliphatic carbocycles. The van der Waals surface area contributed by atoms with Crippen LogP contribution in [0.4, 0.5) is 0 Å². The Morgan fingerprint density at radius 2 is 2.15 bits per heavy atom. The van der Waals surface area contributed by atoms with Gasteiger partial charge in [-0.25, -0.2) is 0 Å². The first-order valence-electron chi connectivity index (χ1n) is 6.91. The lowest BCUT2D eigenvalue weighted by atomic mass is 10.2. The number of methoxy groups -OCH3 is 1. The molecule has 1 N–H and O–H groups in total. The maximum absolute atomic E-state index is 11.6. The number of unbranched alkanes of at least 4 members (excludes halogenated alkanes) is 1. The number of rotatable bonds is 8. The number of ether oxygens (including phenoxy) is 2. The minimum Gasteiger partial charge on any atom is -0.493 e. The first kappa shape index (κ1) is 16.1. The largest absolute Gasteiger partial charge is 0.493 e. The molecule has 4 nitrogen and oxygen atoms in total. The van der Waals surface area contributed by atoms with Crippen molar-refractivity contribution in [3.63, 3.8) is 0 Å². The van der Waals surface area contributed by atoms with E-state index >= 15 is 0 Å². The van der Waals surface area contributed by atoms with Crippen LogP contribution in [0.5, 0.6) is 11.5 Å². The number of amides is 1. The second-order valence-electron chi connectivity index (χ2n) is 4.40. The number of carbonyl (C=O) groups excluding carboxylic acids is 1. The van der Waals surface area contributed by atoms with Crippen molar-refractivity contribution in [1.82, 2.24) is 5.32 Å². The summed E-state index contributed by atoms with van der Waals surface area (Å²) in [6.45, 7) is 4.73. The topological polar surface area (TPSA) is 47.6 Å². The number of allylic oxidation sites excluding steroid dienone is 1. The molecule has 0 saturated carbocycles. The quantitative estimate of drug-likeness (QED) is 0.743. The number of carbonyl (C=O) groups is 1. The van der Waals surface area contributed by atoms with E-state index in [1.54, 1.807) is 7.11 Å². The van der Waals surface area contributed by atoms with Crippen molar-refractivity contribution in [2.75, 3.05) is 20.3 Å². The van der Waals surface area contributed by atoms with E-state index in [2.05, 4.69) is 12.2 Å². The summed E-state index contributed by atoms with van der Waals surface area (Å²) in [5.74, 6) is 1.09. The van der Waals surface area contributed by atoms with Gasteiger partial charge in [0.1, 0.15) is 0 Å². The summed E-state index contributed by atoms with van der Waals surface area (Å²) in [5, 5.41) is 2.81. The predicted molar refractivity (Wildman–Crippen MR) is 81.1 cm³/mol. The summed E-state index contributed by atoms with van der Waals surface area (Å²) >= 11 is 0. The summed E-state index contributed by atoms with van der Waals surface area (Å²) in [6, 6.07) is 5.62. The lowest BCUT2D eigenvalue weighted by Gasteiger charge is -2.11. The Morgan fingerprint density at radius 1 is 1.35 bits per heavy atom. The number of hydrogen-bond acceptors (Lipinski definition) is 3. The van der Waals surface area contributed by atoms with Crippen LogP contribution in [-0.2, 0) is 4.79 Å². The third-order valence-corrected chi connectivity index (χ3v) is 2.76. The molecule has 0 heterocycles. The number of benzene rings is 1. The zero-order chi connectivity index (χ0) is 14.8. The van der Waals surface area contributed by atoms with Crippen LogP contribution >= 0.6 is 0 Å². The zero-order valence-corrected chi connectivity index (χ0v) is 12.4. The summed E-state index contributed by atoms with van der Waals surface area (Å²) in [6.07, 6.45) is 5.97. The molecule has 110 valence electrons. The van der Waals surface area contributed by atoms with Crippen molar-refractivity contribution < 1.29 is 14.3 Å². The molecule has 1 aromatic rings. The molecule has 0 aliphatic rings. The summed E-state index contributed by atoms with van der Waals surface area (Å²) in [7, 11) is 1.59. The molecular formula is C16H23NO3. The van der Waals surface area contributed by atoms with Crippen LogP contribution in [0.3, 0.4) is 0 Å². The van der Waals surface area contributed by atoms with Crippen LogP contribution in [-0.4, -0.2) is 26.2 Å². The third kappa shape index (κ3) is 5.34. The van der Waals surface area contributed by atoms with Crippen LogP contribution < -0.4 is 14.8 Å². The van der Waals surface area contributed by atoms with Gasteiger partial charge in [-0.3, -0.25) is 4.79 Å². The van der Waals surface area contributed by atoms with Crippen molar-refractivity contribution in [1.29, 1.82) is 0 Å². The van der Waals surface area contributed by atoms with Crippen molar-refractivity contribution >= 4 is 12.0 Å². The summed E-state index contributed by atoms with van der Waals surface area (Å²) < 4.78 is 10.8. The zero-order valence-electron chi connectivity index (χ0n) is 12.4. The van der Waals surface area contributed by atoms with Crippen molar-refractivity contribution in [3.05, 3.63) is 29.8 Å². The van der Waals surface area contributed by atoms with Gasteiger partial charge in [-0.1, -0.05) is 31.6 Å². The summed E-state index contributed by atoms with van der Waals surface area (Å²) in [5.41, 5.74) is 1.03. The van der Waals surface area contributed by atoms with Gasteiger partial charge < -0.3 is 14.8 Å². The Labute approximate surface area is 120 Å². The van der Waals surface area contributed by atoms with Crippen molar-refractivity contribution in [3.8, 4) is 11.5 Å². The highest BCUT2D eigenvalue weighted by molar-refractivity contribution is 5.77. The Kier molecular flexibility index (Phi) is 7.25. The Hall–Kier alpha value is -1.97. The lowest BCUT2D eigenvalue weighted by molar-refractivity contribution is -0.123. The van der Waals surface area contributed by atoms with E-state index in [4.69, 9.17) is 9.47 Å². The highest BCUT2D eigenvalue weighted by atomic mass is 16.5. The van der Waals surface area contributed by atoms with Gasteiger partial charge in [-0.15, -0.1) is 0 Å². The minimum atomic E-state index is -0.113. The second kappa shape index (κ2) is 9.02. The van der Waals surface area contributed by atoms with Gasteiger partial charge in [0.05, 0.1) is 7.11 Å². The standard InChI is InChI=1S/C16H23NO3/c1-4-6-10-17-16(18)12-20-14-9-8-13(7-5-2)11-15(14)19-3/h5,7-9,11H,4,6,10,12H2,1-3H3,(H,17,18)/b7-5+. The lowest BCUT2D eigenvalue weighted by Crippen LogP contribution is -2.29. The molecule has 1 aromatic carbocycles. The molecule has 0 atom stereocenters. The average Bonchev–Trinajstić information content (AvgIpc) is 2.46. The van der Waals surface area contributed by atoms with E-state index in [9.17, 15) is 4.79 Å². The molecule has 0 fully saturated rings. The summed E-state index contributed by atoms with van der Waals surface area (Å²) in [4.78, 5) is 11.6. The highest BCUT2D eigenvalue weighted by Crippen LogP contribution is 2.28. The molecule has 0 unspecified atom stereocenters. The highest BCUT2D eigenvalue weighted by Gasteiger charge is 2.07. The van der Waals surface area contributed by atoms with Crippen molar-refractivity contribution in [2.45, 2.75) is 26.7 Å². The van der Waals surface area contributed by atoms with Crippen LogP contribution in [0.1, 0.15) is 32.3 Å². The van der Waals surface area contributed by atoms with E-state index in [0.29, 0.717) is 18.0 Å². The van der Waals surface area contributed by atoms with E-state index in [1.165, 1.54) is 0 Å². The first-order valence-corrected chi connectivity index (χ1v) is 6.91. The maximum atomic E-state index is 11.6. The van der Waals surface area contributed by atoms with Gasteiger partial charge in [0.25, 0.3) is 5.91 Å². The SMILES string of the molecule is C/C=C/c1ccc(OCC(=O)NCCCC)c(OC)c1. The molecule has 20 heavy (non-hydrogen) atoms. The van der Waals surface area contributed by atoms with Crippen LogP contribution in [0.15, 0.2) is 24.3 Å². The van der Waals surface area contributed by atoms with Gasteiger partial charge in [0.15, 0.2) is 18.1 Å². The van der Waals surface area contributed by atoms with Gasteiger partial charge in [-0.05, 0) is 31.0 Å². The molecule has 1 amide bonds. The normalized spacial score (nSPS) is 10.6. The monoisotopic (exact) mass is 277 g/mol. The van der Waals surface area contributed by atoms with E-state index < -0.39 is 0 Å². The molecule has 1 rings (SSSR count). The molecule has 0 aromatic heterocycles. The molecule has 0 radical (unpaired) electrons. The fourth-order valence-corrected chi connectivity index (χ4v) is 1.70.